The van der Waals surface area contributed by atoms with Crippen molar-refractivity contribution in [3.63, 3.8) is 0 Å². The molecule has 29 heavy (non-hydrogen) atoms. The van der Waals surface area contributed by atoms with Gasteiger partial charge < -0.3 is 15.0 Å². The minimum Gasteiger partial charge on any atom is -0.699 e. The number of alkyl halides is 6. The van der Waals surface area contributed by atoms with E-state index in [0.29, 0.717) is 30.4 Å². The first-order chi connectivity index (χ1) is 12.7. The second-order valence-electron chi connectivity index (χ2n) is 5.39. The molecule has 0 bridgehead atoms. The van der Waals surface area contributed by atoms with Crippen molar-refractivity contribution < 1.29 is 65.1 Å². The molecule has 0 atom stereocenters. The van der Waals surface area contributed by atoms with Crippen LogP contribution in [0.15, 0.2) is 18.3 Å². The van der Waals surface area contributed by atoms with Gasteiger partial charge in [0.2, 0.25) is 0 Å². The Kier molecular flexibility index (Phi) is 7.93. The van der Waals surface area contributed by atoms with Crippen LogP contribution < -0.4 is 4.18 Å². The van der Waals surface area contributed by atoms with Crippen molar-refractivity contribution in [1.82, 2.24) is 9.36 Å². The number of nitrogens with zero attached hydrogens (tertiary/aromatic N) is 2. The molecule has 0 aliphatic heterocycles. The molecule has 0 amide bonds. The molecule has 0 unspecified atom stereocenters. The first-order valence-corrected chi connectivity index (χ1v) is 9.34. The van der Waals surface area contributed by atoms with E-state index >= 15 is 0 Å². The van der Waals surface area contributed by atoms with E-state index in [4.69, 9.17) is 5.73 Å². The summed E-state index contributed by atoms with van der Waals surface area (Å²) in [7, 11) is -5.73. The molecule has 7 nitrogen and oxygen atoms in total. The number of rotatable bonds is 3. The summed E-state index contributed by atoms with van der Waals surface area (Å²) in [5.74, 6) is -0.848. The van der Waals surface area contributed by atoms with Crippen LogP contribution in [0.4, 0.5) is 32.0 Å². The number of nitrogens with one attached hydrogen (secondary N) is 1. The Balaban J connectivity index is 0.000000306. The smallest absolute Gasteiger partial charge is 0.534 e. The predicted molar refractivity (Wildman–Crippen MR) is 84.6 cm³/mol. The van der Waals surface area contributed by atoms with Crippen molar-refractivity contribution in [3.05, 3.63) is 35.3 Å². The SMILES string of the molecule is O=S(=O)(Oc1nsc(O)c1C1CC1)C(F)(F)F.[NH-]c1ccnc(C(F)(F)F)c1.[W]. The fraction of sp³-hybridized carbons (Fsp3) is 0.385. The number of aromatic hydroxyl groups is 1. The van der Waals surface area contributed by atoms with Gasteiger partial charge in [-0.15, -0.1) is 5.69 Å². The fourth-order valence-electron chi connectivity index (χ4n) is 1.79. The molecular weight excluding hydrogens is 624 g/mol. The van der Waals surface area contributed by atoms with Gasteiger partial charge in [-0.25, -0.2) is 0 Å². The molecular formula is C13H10F6N3O4S2W-. The topological polar surface area (TPSA) is 113 Å². The normalized spacial score (nSPS) is 14.4. The summed E-state index contributed by atoms with van der Waals surface area (Å²) >= 11 is 0.499. The number of hydrogen-bond donors (Lipinski definition) is 1. The van der Waals surface area contributed by atoms with Gasteiger partial charge in [0.15, 0.2) is 5.06 Å². The van der Waals surface area contributed by atoms with E-state index in [-0.39, 0.29) is 43.3 Å². The van der Waals surface area contributed by atoms with Crippen LogP contribution in [0.3, 0.4) is 0 Å². The van der Waals surface area contributed by atoms with Crippen LogP contribution in [-0.2, 0) is 37.4 Å². The molecule has 1 saturated carbocycles. The summed E-state index contributed by atoms with van der Waals surface area (Å²) in [5.41, 5.74) is 0.202. The summed E-state index contributed by atoms with van der Waals surface area (Å²) in [6.45, 7) is 0. The number of hydrogen-bond acceptors (Lipinski definition) is 7. The van der Waals surface area contributed by atoms with Crippen molar-refractivity contribution in [2.75, 3.05) is 0 Å². The zero-order chi connectivity index (χ0) is 21.3. The van der Waals surface area contributed by atoms with Gasteiger partial charge in [-0.2, -0.15) is 39.1 Å². The number of pyridine rings is 1. The molecule has 0 saturated heterocycles. The van der Waals surface area contributed by atoms with E-state index in [1.807, 2.05) is 0 Å². The first-order valence-electron chi connectivity index (χ1n) is 7.16. The van der Waals surface area contributed by atoms with Crippen LogP contribution >= 0.6 is 11.5 Å². The maximum absolute atomic E-state index is 12.1. The van der Waals surface area contributed by atoms with Gasteiger partial charge in [0.1, 0.15) is 5.69 Å². The van der Waals surface area contributed by atoms with Crippen LogP contribution in [0, 0.1) is 0 Å². The Labute approximate surface area is 178 Å². The largest absolute Gasteiger partial charge is 0.699 e. The van der Waals surface area contributed by atoms with E-state index in [2.05, 4.69) is 13.5 Å². The van der Waals surface area contributed by atoms with Gasteiger partial charge in [-0.3, -0.25) is 4.98 Å². The maximum atomic E-state index is 12.1. The minimum absolute atomic E-state index is 0. The standard InChI is InChI=1S/C7H6F3NO4S2.C6H4F3N2.W/c8-7(9,10)17(13,14)15-5-4(3-1-2-3)6(12)16-11-5;7-6(8,9)5-3-4(10)1-2-11-5;/h3,12H,1-2H2;1-3H,(H-,10,11);/q;-1;. The molecule has 2 heterocycles. The second-order valence-corrected chi connectivity index (χ2v) is 7.68. The van der Waals surface area contributed by atoms with Crippen LogP contribution in [-0.4, -0.2) is 28.4 Å². The van der Waals surface area contributed by atoms with Crippen molar-refractivity contribution >= 4 is 27.3 Å². The van der Waals surface area contributed by atoms with Crippen molar-refractivity contribution in [2.45, 2.75) is 30.4 Å². The van der Waals surface area contributed by atoms with E-state index in [1.165, 1.54) is 6.07 Å². The fourth-order valence-corrected chi connectivity index (χ4v) is 2.93. The van der Waals surface area contributed by atoms with E-state index < -0.39 is 33.4 Å². The molecule has 2 aromatic heterocycles. The third-order valence-electron chi connectivity index (χ3n) is 3.18. The van der Waals surface area contributed by atoms with Crippen LogP contribution in [0.1, 0.15) is 30.0 Å². The van der Waals surface area contributed by atoms with Gasteiger partial charge >= 0.3 is 21.8 Å². The third-order valence-corrected chi connectivity index (χ3v) is 4.78. The first kappa shape index (κ1) is 25.4. The zero-order valence-electron chi connectivity index (χ0n) is 13.8. The van der Waals surface area contributed by atoms with Gasteiger partial charge in [0.05, 0.1) is 5.56 Å². The Morgan fingerprint density at radius 2 is 1.79 bits per heavy atom. The molecule has 2 N–H and O–H groups in total. The molecule has 3 rings (SSSR count). The average Bonchev–Trinajstić information content (AvgIpc) is 3.30. The van der Waals surface area contributed by atoms with Crippen molar-refractivity contribution in [2.24, 2.45) is 0 Å². The monoisotopic (exact) mass is 634 g/mol. The number of aromatic nitrogens is 2. The Morgan fingerprint density at radius 1 is 1.21 bits per heavy atom. The summed E-state index contributed by atoms with van der Waals surface area (Å²) in [6, 6.07) is 1.87. The van der Waals surface area contributed by atoms with Crippen LogP contribution in [0.2, 0.25) is 0 Å². The van der Waals surface area contributed by atoms with E-state index in [9.17, 15) is 39.9 Å². The Morgan fingerprint density at radius 3 is 2.21 bits per heavy atom. The van der Waals surface area contributed by atoms with Crippen molar-refractivity contribution in [3.8, 4) is 10.9 Å². The van der Waals surface area contributed by atoms with Gasteiger partial charge in [-0.05, 0) is 24.8 Å². The number of halogens is 6. The summed E-state index contributed by atoms with van der Waals surface area (Å²) in [5, 5.41) is 9.04. The van der Waals surface area contributed by atoms with Gasteiger partial charge in [0.25, 0.3) is 5.88 Å². The third kappa shape index (κ3) is 6.71. The Bertz CT molecular complexity index is 945. The average molecular weight is 634 g/mol. The molecule has 0 radical (unpaired) electrons. The molecule has 0 aromatic carbocycles. The molecule has 16 heteroatoms. The molecule has 1 aliphatic carbocycles. The quantitative estimate of drug-likeness (QED) is 0.297. The van der Waals surface area contributed by atoms with Gasteiger partial charge in [0, 0.05) is 38.8 Å². The summed E-state index contributed by atoms with van der Waals surface area (Å²) < 4.78 is 100. The summed E-state index contributed by atoms with van der Waals surface area (Å²) in [4.78, 5) is 3.07. The molecule has 1 aliphatic rings. The molecule has 1 fully saturated rings. The summed E-state index contributed by atoms with van der Waals surface area (Å²) in [6.07, 6.45) is -2.16. The Hall–Kier alpha value is -1.60. The molecule has 2 aromatic rings. The van der Waals surface area contributed by atoms with E-state index in [1.54, 1.807) is 0 Å². The molecule has 162 valence electrons. The van der Waals surface area contributed by atoms with Crippen LogP contribution in [0.25, 0.3) is 5.73 Å². The maximum Gasteiger partial charge on any atom is 0.534 e. The zero-order valence-corrected chi connectivity index (χ0v) is 18.3. The van der Waals surface area contributed by atoms with Crippen molar-refractivity contribution in [1.29, 1.82) is 0 Å². The van der Waals surface area contributed by atoms with Gasteiger partial charge in [-0.1, -0.05) is 6.07 Å². The second kappa shape index (κ2) is 9.04. The van der Waals surface area contributed by atoms with Crippen LogP contribution in [0.5, 0.6) is 10.9 Å². The van der Waals surface area contributed by atoms with E-state index in [0.717, 1.165) is 6.20 Å². The predicted octanol–water partition coefficient (Wildman–Crippen LogP) is 4.74. The minimum atomic E-state index is -5.73. The molecule has 0 spiro atoms.